The number of hydrogen-bond acceptors (Lipinski definition) is 5. The molecule has 2 aromatic carbocycles. The molecule has 7 heteroatoms. The minimum Gasteiger partial charge on any atom is -0.490 e. The predicted molar refractivity (Wildman–Crippen MR) is 108 cm³/mol. The van der Waals surface area contributed by atoms with Crippen LogP contribution in [0.1, 0.15) is 40.7 Å². The van der Waals surface area contributed by atoms with Gasteiger partial charge < -0.3 is 14.8 Å². The molecule has 7 nitrogen and oxygen atoms in total. The van der Waals surface area contributed by atoms with Gasteiger partial charge in [-0.1, -0.05) is 24.3 Å². The van der Waals surface area contributed by atoms with Crippen molar-refractivity contribution in [3.8, 4) is 11.5 Å². The first-order chi connectivity index (χ1) is 14.6. The molecule has 0 bridgehead atoms. The number of amides is 3. The normalized spacial score (nSPS) is 22.5. The number of nitrogens with zero attached hydrogens (tertiary/aromatic N) is 1. The molecule has 30 heavy (non-hydrogen) atoms. The molecule has 1 spiro atoms. The molecule has 0 radical (unpaired) electrons. The van der Waals surface area contributed by atoms with Crippen LogP contribution in [-0.4, -0.2) is 42.4 Å². The van der Waals surface area contributed by atoms with Crippen molar-refractivity contribution in [1.29, 1.82) is 0 Å². The standard InChI is InChI=1S/C23H22N2O5/c26-18(16-8-9-19-20(13-16)30-12-4-11-29-19)14-25-21(27)23(24-22(25)28)10-3-6-15-5-1-2-7-17(15)23/h1-2,5,7-9,13H,3-4,6,10-12,14H2,(H,24,28)/t23-/m1/s1. The third-order valence-electron chi connectivity index (χ3n) is 6.02. The number of imide groups is 1. The zero-order chi connectivity index (χ0) is 20.7. The Kier molecular flexibility index (Phi) is 4.46. The summed E-state index contributed by atoms with van der Waals surface area (Å²) in [5.74, 6) is 0.419. The number of ether oxygens (including phenoxy) is 2. The summed E-state index contributed by atoms with van der Waals surface area (Å²) in [4.78, 5) is 40.0. The van der Waals surface area contributed by atoms with Crippen molar-refractivity contribution >= 4 is 17.7 Å². The van der Waals surface area contributed by atoms with Crippen LogP contribution in [0.2, 0.25) is 0 Å². The number of fused-ring (bicyclic) bond motifs is 3. The molecule has 1 fully saturated rings. The average Bonchev–Trinajstić information content (AvgIpc) is 2.93. The zero-order valence-electron chi connectivity index (χ0n) is 16.5. The minimum atomic E-state index is -1.07. The Labute approximate surface area is 174 Å². The Morgan fingerprint density at radius 2 is 1.83 bits per heavy atom. The van der Waals surface area contributed by atoms with E-state index in [1.165, 1.54) is 0 Å². The van der Waals surface area contributed by atoms with Crippen molar-refractivity contribution in [2.45, 2.75) is 31.2 Å². The Balaban J connectivity index is 1.40. The van der Waals surface area contributed by atoms with Gasteiger partial charge in [-0.25, -0.2) is 4.79 Å². The van der Waals surface area contributed by atoms with Gasteiger partial charge in [-0.15, -0.1) is 0 Å². The second kappa shape index (κ2) is 7.16. The number of hydrogen-bond donors (Lipinski definition) is 1. The molecule has 1 N–H and O–H groups in total. The largest absolute Gasteiger partial charge is 0.490 e. The molecule has 3 amide bonds. The highest BCUT2D eigenvalue weighted by atomic mass is 16.5. The van der Waals surface area contributed by atoms with Crippen molar-refractivity contribution in [3.05, 3.63) is 59.2 Å². The molecule has 0 aromatic heterocycles. The lowest BCUT2D eigenvalue weighted by Gasteiger charge is -2.33. The molecule has 154 valence electrons. The molecule has 0 unspecified atom stereocenters. The van der Waals surface area contributed by atoms with Gasteiger partial charge in [0.25, 0.3) is 5.91 Å². The van der Waals surface area contributed by atoms with Crippen LogP contribution < -0.4 is 14.8 Å². The van der Waals surface area contributed by atoms with Crippen molar-refractivity contribution in [3.63, 3.8) is 0 Å². The maximum Gasteiger partial charge on any atom is 0.325 e. The van der Waals surface area contributed by atoms with Gasteiger partial charge in [0.05, 0.1) is 19.8 Å². The van der Waals surface area contributed by atoms with E-state index in [0.29, 0.717) is 36.7 Å². The fourth-order valence-electron chi connectivity index (χ4n) is 4.53. The van der Waals surface area contributed by atoms with Crippen LogP contribution in [0.3, 0.4) is 0 Å². The highest BCUT2D eigenvalue weighted by Crippen LogP contribution is 2.40. The molecule has 1 atom stereocenters. The molecule has 3 aliphatic rings. The molecule has 2 aromatic rings. The summed E-state index contributed by atoms with van der Waals surface area (Å²) in [5, 5.41) is 2.88. The Hall–Kier alpha value is -3.35. The van der Waals surface area contributed by atoms with Crippen LogP contribution in [0.15, 0.2) is 42.5 Å². The van der Waals surface area contributed by atoms with Crippen LogP contribution in [0.4, 0.5) is 4.79 Å². The van der Waals surface area contributed by atoms with Crippen molar-refractivity contribution in [2.75, 3.05) is 19.8 Å². The fraction of sp³-hybridized carbons (Fsp3) is 0.348. The van der Waals surface area contributed by atoms with E-state index in [4.69, 9.17) is 9.47 Å². The van der Waals surface area contributed by atoms with Crippen LogP contribution in [0.25, 0.3) is 0 Å². The molecule has 2 aliphatic heterocycles. The summed E-state index contributed by atoms with van der Waals surface area (Å²) in [6.45, 7) is 0.764. The number of Topliss-reactive ketones (excluding diaryl/α,β-unsaturated/α-hetero) is 1. The highest BCUT2D eigenvalue weighted by molar-refractivity contribution is 6.11. The highest BCUT2D eigenvalue weighted by Gasteiger charge is 2.54. The zero-order valence-corrected chi connectivity index (χ0v) is 16.5. The summed E-state index contributed by atoms with van der Waals surface area (Å²) < 4.78 is 11.2. The van der Waals surface area contributed by atoms with Gasteiger partial charge in [0.1, 0.15) is 5.54 Å². The first-order valence-corrected chi connectivity index (χ1v) is 10.2. The van der Waals surface area contributed by atoms with Gasteiger partial charge in [0.2, 0.25) is 0 Å². The SMILES string of the molecule is O=C(CN1C(=O)N[C@@]2(CCCc3ccccc32)C1=O)c1ccc2c(c1)OCCCO2. The number of aryl methyl sites for hydroxylation is 1. The number of carbonyl (C=O) groups excluding carboxylic acids is 3. The van der Waals surface area contributed by atoms with Gasteiger partial charge in [0, 0.05) is 12.0 Å². The quantitative estimate of drug-likeness (QED) is 0.626. The number of ketones is 1. The van der Waals surface area contributed by atoms with Gasteiger partial charge in [-0.2, -0.15) is 0 Å². The van der Waals surface area contributed by atoms with E-state index in [2.05, 4.69) is 5.32 Å². The van der Waals surface area contributed by atoms with E-state index in [9.17, 15) is 14.4 Å². The lowest BCUT2D eigenvalue weighted by Crippen LogP contribution is -2.46. The van der Waals surface area contributed by atoms with E-state index in [1.807, 2.05) is 24.3 Å². The van der Waals surface area contributed by atoms with Crippen LogP contribution in [0, 0.1) is 0 Å². The molecule has 0 saturated carbocycles. The van der Waals surface area contributed by atoms with Gasteiger partial charge in [-0.3, -0.25) is 14.5 Å². The summed E-state index contributed by atoms with van der Waals surface area (Å²) in [6.07, 6.45) is 2.97. The smallest absolute Gasteiger partial charge is 0.325 e. The molecule has 1 saturated heterocycles. The maximum atomic E-state index is 13.3. The second-order valence-electron chi connectivity index (χ2n) is 7.87. The van der Waals surface area contributed by atoms with Crippen LogP contribution >= 0.6 is 0 Å². The van der Waals surface area contributed by atoms with Crippen LogP contribution in [0.5, 0.6) is 11.5 Å². The number of rotatable bonds is 3. The van der Waals surface area contributed by atoms with Gasteiger partial charge in [-0.05, 0) is 48.6 Å². The molecular weight excluding hydrogens is 384 g/mol. The van der Waals surface area contributed by atoms with Gasteiger partial charge >= 0.3 is 6.03 Å². The van der Waals surface area contributed by atoms with E-state index >= 15 is 0 Å². The number of nitrogens with one attached hydrogen (secondary N) is 1. The maximum absolute atomic E-state index is 13.3. The molecular formula is C23H22N2O5. The molecule has 1 aliphatic carbocycles. The minimum absolute atomic E-state index is 0.311. The number of carbonyl (C=O) groups is 3. The predicted octanol–water partition coefficient (Wildman–Crippen LogP) is 2.81. The Morgan fingerprint density at radius 1 is 1.03 bits per heavy atom. The Bertz CT molecular complexity index is 1050. The van der Waals surface area contributed by atoms with Crippen molar-refractivity contribution < 1.29 is 23.9 Å². The monoisotopic (exact) mass is 406 g/mol. The topological polar surface area (TPSA) is 84.9 Å². The number of urea groups is 1. The Morgan fingerprint density at radius 3 is 2.70 bits per heavy atom. The summed E-state index contributed by atoms with van der Waals surface area (Å²) in [6, 6.07) is 12.1. The van der Waals surface area contributed by atoms with Crippen molar-refractivity contribution in [1.82, 2.24) is 10.2 Å². The summed E-state index contributed by atoms with van der Waals surface area (Å²) in [5.41, 5.74) is 1.20. The van der Waals surface area contributed by atoms with Crippen LogP contribution in [-0.2, 0) is 16.8 Å². The van der Waals surface area contributed by atoms with E-state index in [-0.39, 0.29) is 18.2 Å². The molecule has 2 heterocycles. The first kappa shape index (κ1) is 18.7. The summed E-state index contributed by atoms with van der Waals surface area (Å²) >= 11 is 0. The molecule has 5 rings (SSSR count). The average molecular weight is 406 g/mol. The van der Waals surface area contributed by atoms with E-state index in [1.54, 1.807) is 18.2 Å². The van der Waals surface area contributed by atoms with E-state index < -0.39 is 11.6 Å². The third kappa shape index (κ3) is 2.93. The lowest BCUT2D eigenvalue weighted by molar-refractivity contribution is -0.131. The summed E-state index contributed by atoms with van der Waals surface area (Å²) in [7, 11) is 0. The second-order valence-corrected chi connectivity index (χ2v) is 7.87. The lowest BCUT2D eigenvalue weighted by atomic mass is 9.76. The van der Waals surface area contributed by atoms with E-state index in [0.717, 1.165) is 35.3 Å². The number of benzene rings is 2. The first-order valence-electron chi connectivity index (χ1n) is 10.2. The third-order valence-corrected chi connectivity index (χ3v) is 6.02. The fourth-order valence-corrected chi connectivity index (χ4v) is 4.53. The van der Waals surface area contributed by atoms with Crippen molar-refractivity contribution in [2.24, 2.45) is 0 Å². The van der Waals surface area contributed by atoms with Gasteiger partial charge in [0.15, 0.2) is 17.3 Å².